The second kappa shape index (κ2) is 6.68. The molecule has 2 aromatic rings. The van der Waals surface area contributed by atoms with Gasteiger partial charge < -0.3 is 9.73 Å². The van der Waals surface area contributed by atoms with E-state index in [9.17, 15) is 8.42 Å². The topological polar surface area (TPSA) is 97.1 Å². The summed E-state index contributed by atoms with van der Waals surface area (Å²) in [6.07, 6.45) is 3.62. The zero-order valence-electron chi connectivity index (χ0n) is 12.0. The standard InChI is InChI=1S/C13H18N4O3S/c1-3-10-7-16-13(20-10)9-17-21(18,19)11-5-6-12(14-4-2)15-8-11/h5-8,17H,3-4,9H2,1-2H3,(H,14,15). The van der Waals surface area contributed by atoms with Crippen molar-refractivity contribution >= 4 is 15.8 Å². The summed E-state index contributed by atoms with van der Waals surface area (Å²) in [5, 5.41) is 3.00. The van der Waals surface area contributed by atoms with E-state index in [-0.39, 0.29) is 11.4 Å². The fourth-order valence-corrected chi connectivity index (χ4v) is 2.58. The molecular weight excluding hydrogens is 292 g/mol. The Morgan fingerprint density at radius 1 is 1.19 bits per heavy atom. The van der Waals surface area contributed by atoms with Gasteiger partial charge in [-0.25, -0.2) is 23.1 Å². The number of anilines is 1. The zero-order chi connectivity index (χ0) is 15.3. The summed E-state index contributed by atoms with van der Waals surface area (Å²) < 4.78 is 32.0. The molecule has 0 saturated carbocycles. The Kier molecular flexibility index (Phi) is 4.92. The highest BCUT2D eigenvalue weighted by Gasteiger charge is 2.15. The molecule has 0 radical (unpaired) electrons. The molecule has 0 saturated heterocycles. The number of aryl methyl sites for hydroxylation is 1. The predicted molar refractivity (Wildman–Crippen MR) is 78.3 cm³/mol. The van der Waals surface area contributed by atoms with Gasteiger partial charge in [0.2, 0.25) is 15.9 Å². The monoisotopic (exact) mass is 310 g/mol. The average molecular weight is 310 g/mol. The SMILES string of the molecule is CCNc1ccc(S(=O)(=O)NCc2ncc(CC)o2)cn1. The van der Waals surface area contributed by atoms with Crippen molar-refractivity contribution in [3.63, 3.8) is 0 Å². The average Bonchev–Trinajstić information content (AvgIpc) is 2.94. The molecule has 7 nitrogen and oxygen atoms in total. The van der Waals surface area contributed by atoms with Crippen LogP contribution in [-0.2, 0) is 23.0 Å². The Bertz CT molecular complexity index is 680. The van der Waals surface area contributed by atoms with Crippen LogP contribution in [-0.4, -0.2) is 24.9 Å². The lowest BCUT2D eigenvalue weighted by Crippen LogP contribution is -2.23. The Morgan fingerprint density at radius 2 is 2.00 bits per heavy atom. The Hall–Kier alpha value is -1.93. The molecule has 0 amide bonds. The third-order valence-electron chi connectivity index (χ3n) is 2.77. The lowest BCUT2D eigenvalue weighted by molar-refractivity contribution is 0.452. The van der Waals surface area contributed by atoms with Crippen LogP contribution in [0.25, 0.3) is 0 Å². The van der Waals surface area contributed by atoms with Crippen molar-refractivity contribution in [1.29, 1.82) is 0 Å². The van der Waals surface area contributed by atoms with Crippen molar-refractivity contribution < 1.29 is 12.8 Å². The number of rotatable bonds is 7. The molecule has 2 aromatic heterocycles. The summed E-state index contributed by atoms with van der Waals surface area (Å²) in [6.45, 7) is 4.61. The van der Waals surface area contributed by atoms with Gasteiger partial charge in [-0.15, -0.1) is 0 Å². The Morgan fingerprint density at radius 3 is 2.57 bits per heavy atom. The van der Waals surface area contributed by atoms with E-state index < -0.39 is 10.0 Å². The van der Waals surface area contributed by atoms with Crippen LogP contribution in [0.1, 0.15) is 25.5 Å². The second-order valence-corrected chi connectivity index (χ2v) is 6.07. The minimum atomic E-state index is -3.63. The summed E-state index contributed by atoms with van der Waals surface area (Å²) >= 11 is 0. The van der Waals surface area contributed by atoms with Crippen molar-refractivity contribution in [2.75, 3.05) is 11.9 Å². The quantitative estimate of drug-likeness (QED) is 0.805. The molecule has 0 aromatic carbocycles. The predicted octanol–water partition coefficient (Wildman–Crippen LogP) is 1.54. The first-order valence-electron chi connectivity index (χ1n) is 6.68. The molecule has 0 aliphatic carbocycles. The summed E-state index contributed by atoms with van der Waals surface area (Å²) in [4.78, 5) is 8.14. The fourth-order valence-electron chi connectivity index (χ4n) is 1.66. The minimum Gasteiger partial charge on any atom is -0.444 e. The van der Waals surface area contributed by atoms with Gasteiger partial charge in [-0.1, -0.05) is 6.92 Å². The smallest absolute Gasteiger partial charge is 0.242 e. The normalized spacial score (nSPS) is 11.5. The molecule has 114 valence electrons. The molecule has 2 rings (SSSR count). The Balaban J connectivity index is 2.03. The highest BCUT2D eigenvalue weighted by molar-refractivity contribution is 7.89. The van der Waals surface area contributed by atoms with Crippen molar-refractivity contribution in [2.24, 2.45) is 0 Å². The molecule has 21 heavy (non-hydrogen) atoms. The first-order chi connectivity index (χ1) is 10.0. The van der Waals surface area contributed by atoms with Gasteiger partial charge in [0.05, 0.1) is 12.7 Å². The van der Waals surface area contributed by atoms with E-state index in [1.807, 2.05) is 13.8 Å². The van der Waals surface area contributed by atoms with E-state index in [2.05, 4.69) is 20.0 Å². The molecule has 0 aliphatic heterocycles. The maximum atomic E-state index is 12.1. The van der Waals surface area contributed by atoms with E-state index in [0.717, 1.165) is 18.7 Å². The van der Waals surface area contributed by atoms with Gasteiger partial charge >= 0.3 is 0 Å². The summed E-state index contributed by atoms with van der Waals surface area (Å²) in [5.41, 5.74) is 0. The van der Waals surface area contributed by atoms with Crippen molar-refractivity contribution in [3.8, 4) is 0 Å². The number of nitrogens with zero attached hydrogens (tertiary/aromatic N) is 2. The minimum absolute atomic E-state index is 0.0112. The maximum Gasteiger partial charge on any atom is 0.242 e. The van der Waals surface area contributed by atoms with Crippen LogP contribution in [0.3, 0.4) is 0 Å². The number of aromatic nitrogens is 2. The van der Waals surface area contributed by atoms with Crippen molar-refractivity contribution in [3.05, 3.63) is 36.2 Å². The number of oxazole rings is 1. The van der Waals surface area contributed by atoms with Gasteiger partial charge in [0.15, 0.2) is 0 Å². The van der Waals surface area contributed by atoms with E-state index in [0.29, 0.717) is 11.7 Å². The maximum absolute atomic E-state index is 12.1. The zero-order valence-corrected chi connectivity index (χ0v) is 12.8. The van der Waals surface area contributed by atoms with Crippen molar-refractivity contribution in [1.82, 2.24) is 14.7 Å². The van der Waals surface area contributed by atoms with Crippen LogP contribution in [0.15, 0.2) is 33.8 Å². The van der Waals surface area contributed by atoms with E-state index >= 15 is 0 Å². The van der Waals surface area contributed by atoms with Gasteiger partial charge in [0.1, 0.15) is 16.5 Å². The van der Waals surface area contributed by atoms with E-state index in [1.54, 1.807) is 12.3 Å². The van der Waals surface area contributed by atoms with Gasteiger partial charge in [0.25, 0.3) is 0 Å². The van der Waals surface area contributed by atoms with Crippen LogP contribution in [0.4, 0.5) is 5.82 Å². The lowest BCUT2D eigenvalue weighted by Gasteiger charge is -2.06. The molecule has 2 N–H and O–H groups in total. The summed E-state index contributed by atoms with van der Waals surface area (Å²) in [5.74, 6) is 1.70. The van der Waals surface area contributed by atoms with Crippen LogP contribution >= 0.6 is 0 Å². The second-order valence-electron chi connectivity index (χ2n) is 4.31. The lowest BCUT2D eigenvalue weighted by atomic mass is 10.4. The molecule has 8 heteroatoms. The first-order valence-corrected chi connectivity index (χ1v) is 8.16. The third kappa shape index (κ3) is 4.02. The molecule has 0 unspecified atom stereocenters. The van der Waals surface area contributed by atoms with Crippen LogP contribution in [0, 0.1) is 0 Å². The highest BCUT2D eigenvalue weighted by atomic mass is 32.2. The molecule has 2 heterocycles. The van der Waals surface area contributed by atoms with Gasteiger partial charge in [-0.2, -0.15) is 0 Å². The van der Waals surface area contributed by atoms with Gasteiger partial charge in [-0.3, -0.25) is 0 Å². The number of pyridine rings is 1. The van der Waals surface area contributed by atoms with Gasteiger partial charge in [-0.05, 0) is 19.1 Å². The first kappa shape index (κ1) is 15.5. The molecule has 0 aliphatic rings. The molecular formula is C13H18N4O3S. The van der Waals surface area contributed by atoms with E-state index in [4.69, 9.17) is 4.42 Å². The molecule has 0 spiro atoms. The summed E-state index contributed by atoms with van der Waals surface area (Å²) in [7, 11) is -3.63. The third-order valence-corrected chi connectivity index (χ3v) is 4.15. The number of nitrogens with one attached hydrogen (secondary N) is 2. The number of sulfonamides is 1. The molecule has 0 fully saturated rings. The van der Waals surface area contributed by atoms with Crippen molar-refractivity contribution in [2.45, 2.75) is 31.7 Å². The fraction of sp³-hybridized carbons (Fsp3) is 0.385. The number of hydrogen-bond acceptors (Lipinski definition) is 6. The van der Waals surface area contributed by atoms with Crippen LogP contribution < -0.4 is 10.0 Å². The largest absolute Gasteiger partial charge is 0.444 e. The van der Waals surface area contributed by atoms with Crippen LogP contribution in [0.2, 0.25) is 0 Å². The molecule has 0 atom stereocenters. The number of hydrogen-bond donors (Lipinski definition) is 2. The van der Waals surface area contributed by atoms with Crippen LogP contribution in [0.5, 0.6) is 0 Å². The van der Waals surface area contributed by atoms with E-state index in [1.165, 1.54) is 12.3 Å². The Labute approximate surface area is 123 Å². The highest BCUT2D eigenvalue weighted by Crippen LogP contribution is 2.11. The van der Waals surface area contributed by atoms with Gasteiger partial charge in [0, 0.05) is 19.2 Å². The molecule has 0 bridgehead atoms. The summed E-state index contributed by atoms with van der Waals surface area (Å²) in [6, 6.07) is 3.12.